The summed E-state index contributed by atoms with van der Waals surface area (Å²) >= 11 is 0. The van der Waals surface area contributed by atoms with Gasteiger partial charge in [-0.1, -0.05) is 0 Å². The first-order valence-corrected chi connectivity index (χ1v) is 5.44. The summed E-state index contributed by atoms with van der Waals surface area (Å²) in [6.45, 7) is 3.85. The SMILES string of the molecule is CC(N)CCN1CCC(C(F)(F)F)CC1. The fourth-order valence-electron chi connectivity index (χ4n) is 1.87. The Balaban J connectivity index is 2.24. The van der Waals surface area contributed by atoms with Crippen molar-refractivity contribution >= 4 is 0 Å². The topological polar surface area (TPSA) is 29.3 Å². The molecule has 1 rings (SSSR count). The highest BCUT2D eigenvalue weighted by Crippen LogP contribution is 2.33. The van der Waals surface area contributed by atoms with Crippen molar-refractivity contribution in [2.45, 2.75) is 38.4 Å². The Kier molecular flexibility index (Phi) is 4.40. The number of hydrogen-bond donors (Lipinski definition) is 1. The number of rotatable bonds is 3. The lowest BCUT2D eigenvalue weighted by Gasteiger charge is -2.33. The van der Waals surface area contributed by atoms with Gasteiger partial charge in [-0.05, 0) is 45.8 Å². The number of likely N-dealkylation sites (tertiary alicyclic amines) is 1. The van der Waals surface area contributed by atoms with Gasteiger partial charge >= 0.3 is 6.18 Å². The summed E-state index contributed by atoms with van der Waals surface area (Å²) in [4.78, 5) is 2.08. The predicted octanol–water partition coefficient (Wildman–Crippen LogP) is 2.00. The highest BCUT2D eigenvalue weighted by Gasteiger charge is 2.40. The highest BCUT2D eigenvalue weighted by molar-refractivity contribution is 4.77. The average Bonchev–Trinajstić information content (AvgIpc) is 2.14. The number of nitrogens with zero attached hydrogens (tertiary/aromatic N) is 1. The van der Waals surface area contributed by atoms with Gasteiger partial charge in [0.15, 0.2) is 0 Å². The maximum Gasteiger partial charge on any atom is 0.391 e. The van der Waals surface area contributed by atoms with Gasteiger partial charge < -0.3 is 10.6 Å². The summed E-state index contributed by atoms with van der Waals surface area (Å²) < 4.78 is 37.0. The molecule has 1 fully saturated rings. The molecule has 90 valence electrons. The second-order valence-corrected chi connectivity index (χ2v) is 4.42. The lowest BCUT2D eigenvalue weighted by atomic mass is 9.96. The predicted molar refractivity (Wildman–Crippen MR) is 53.5 cm³/mol. The molecule has 1 saturated heterocycles. The molecule has 1 atom stereocenters. The molecule has 0 bridgehead atoms. The largest absolute Gasteiger partial charge is 0.391 e. The Morgan fingerprint density at radius 2 is 1.87 bits per heavy atom. The van der Waals surface area contributed by atoms with Gasteiger partial charge in [0.05, 0.1) is 5.92 Å². The van der Waals surface area contributed by atoms with E-state index in [2.05, 4.69) is 4.90 Å². The first-order valence-electron chi connectivity index (χ1n) is 5.44. The summed E-state index contributed by atoms with van der Waals surface area (Å²) in [5.41, 5.74) is 5.60. The van der Waals surface area contributed by atoms with Crippen molar-refractivity contribution in [3.63, 3.8) is 0 Å². The van der Waals surface area contributed by atoms with E-state index in [1.54, 1.807) is 0 Å². The fourth-order valence-corrected chi connectivity index (χ4v) is 1.87. The highest BCUT2D eigenvalue weighted by atomic mass is 19.4. The third-order valence-corrected chi connectivity index (χ3v) is 2.95. The Labute approximate surface area is 88.6 Å². The van der Waals surface area contributed by atoms with Crippen LogP contribution in [-0.4, -0.2) is 36.8 Å². The van der Waals surface area contributed by atoms with Gasteiger partial charge in [0.1, 0.15) is 0 Å². The monoisotopic (exact) mass is 224 g/mol. The van der Waals surface area contributed by atoms with E-state index in [0.717, 1.165) is 13.0 Å². The normalized spacial score (nSPS) is 23.0. The van der Waals surface area contributed by atoms with Crippen molar-refractivity contribution in [1.29, 1.82) is 0 Å². The first kappa shape index (κ1) is 12.8. The van der Waals surface area contributed by atoms with E-state index in [0.29, 0.717) is 13.1 Å². The smallest absolute Gasteiger partial charge is 0.328 e. The molecule has 0 radical (unpaired) electrons. The van der Waals surface area contributed by atoms with Crippen molar-refractivity contribution in [3.8, 4) is 0 Å². The maximum atomic E-state index is 12.3. The van der Waals surface area contributed by atoms with E-state index < -0.39 is 12.1 Å². The van der Waals surface area contributed by atoms with E-state index in [-0.39, 0.29) is 18.9 Å². The van der Waals surface area contributed by atoms with Crippen LogP contribution in [0.25, 0.3) is 0 Å². The molecule has 0 aromatic carbocycles. The van der Waals surface area contributed by atoms with Crippen LogP contribution in [0.2, 0.25) is 0 Å². The molecule has 1 aliphatic rings. The molecule has 1 unspecified atom stereocenters. The quantitative estimate of drug-likeness (QED) is 0.794. The van der Waals surface area contributed by atoms with E-state index >= 15 is 0 Å². The molecule has 0 saturated carbocycles. The van der Waals surface area contributed by atoms with Crippen LogP contribution < -0.4 is 5.73 Å². The number of piperidine rings is 1. The minimum Gasteiger partial charge on any atom is -0.328 e. The number of nitrogens with two attached hydrogens (primary N) is 1. The van der Waals surface area contributed by atoms with Crippen LogP contribution in [0, 0.1) is 5.92 Å². The number of alkyl halides is 3. The minimum absolute atomic E-state index is 0.130. The van der Waals surface area contributed by atoms with Crippen LogP contribution in [0.15, 0.2) is 0 Å². The standard InChI is InChI=1S/C10H19F3N2/c1-8(14)2-5-15-6-3-9(4-7-15)10(11,12)13/h8-9H,2-7,14H2,1H3. The second-order valence-electron chi connectivity index (χ2n) is 4.42. The second kappa shape index (κ2) is 5.16. The molecule has 15 heavy (non-hydrogen) atoms. The minimum atomic E-state index is -4.01. The van der Waals surface area contributed by atoms with Crippen LogP contribution in [0.4, 0.5) is 13.2 Å². The number of halogens is 3. The van der Waals surface area contributed by atoms with Crippen LogP contribution in [0.5, 0.6) is 0 Å². The number of hydrogen-bond acceptors (Lipinski definition) is 2. The zero-order chi connectivity index (χ0) is 11.5. The molecular weight excluding hydrogens is 205 g/mol. The van der Waals surface area contributed by atoms with Crippen LogP contribution in [0.3, 0.4) is 0 Å². The molecule has 2 nitrogen and oxygen atoms in total. The molecule has 0 aromatic heterocycles. The molecule has 5 heteroatoms. The van der Waals surface area contributed by atoms with Gasteiger partial charge in [-0.25, -0.2) is 0 Å². The van der Waals surface area contributed by atoms with Crippen molar-refractivity contribution in [3.05, 3.63) is 0 Å². The van der Waals surface area contributed by atoms with Gasteiger partial charge in [0, 0.05) is 6.04 Å². The van der Waals surface area contributed by atoms with Crippen molar-refractivity contribution in [2.24, 2.45) is 11.7 Å². The molecule has 0 aliphatic carbocycles. The zero-order valence-electron chi connectivity index (χ0n) is 9.06. The zero-order valence-corrected chi connectivity index (χ0v) is 9.06. The Morgan fingerprint density at radius 3 is 2.27 bits per heavy atom. The van der Waals surface area contributed by atoms with Crippen LogP contribution in [-0.2, 0) is 0 Å². The molecule has 2 N–H and O–H groups in total. The van der Waals surface area contributed by atoms with E-state index in [1.165, 1.54) is 0 Å². The lowest BCUT2D eigenvalue weighted by molar-refractivity contribution is -0.185. The van der Waals surface area contributed by atoms with E-state index in [1.807, 2.05) is 6.92 Å². The third kappa shape index (κ3) is 4.38. The molecule has 1 aliphatic heterocycles. The summed E-state index contributed by atoms with van der Waals surface area (Å²) in [6.07, 6.45) is -2.67. The molecule has 0 spiro atoms. The molecule has 0 amide bonds. The van der Waals surface area contributed by atoms with Gasteiger partial charge in [-0.3, -0.25) is 0 Å². The summed E-state index contributed by atoms with van der Waals surface area (Å²) in [7, 11) is 0. The Hall–Kier alpha value is -0.290. The fraction of sp³-hybridized carbons (Fsp3) is 1.00. The Bertz CT molecular complexity index is 184. The maximum absolute atomic E-state index is 12.3. The van der Waals surface area contributed by atoms with Gasteiger partial charge in [-0.15, -0.1) is 0 Å². The van der Waals surface area contributed by atoms with E-state index in [4.69, 9.17) is 5.73 Å². The van der Waals surface area contributed by atoms with Crippen LogP contribution >= 0.6 is 0 Å². The van der Waals surface area contributed by atoms with Crippen LogP contribution in [0.1, 0.15) is 26.2 Å². The van der Waals surface area contributed by atoms with Gasteiger partial charge in [0.2, 0.25) is 0 Å². The molecular formula is C10H19F3N2. The first-order chi connectivity index (χ1) is 6.89. The Morgan fingerprint density at radius 1 is 1.33 bits per heavy atom. The molecule has 1 heterocycles. The van der Waals surface area contributed by atoms with Gasteiger partial charge in [-0.2, -0.15) is 13.2 Å². The van der Waals surface area contributed by atoms with Crippen molar-refractivity contribution in [2.75, 3.05) is 19.6 Å². The lowest BCUT2D eigenvalue weighted by Crippen LogP contribution is -2.40. The summed E-state index contributed by atoms with van der Waals surface area (Å²) in [5.74, 6) is -1.09. The summed E-state index contributed by atoms with van der Waals surface area (Å²) in [6, 6.07) is 0.130. The van der Waals surface area contributed by atoms with Crippen molar-refractivity contribution < 1.29 is 13.2 Å². The summed E-state index contributed by atoms with van der Waals surface area (Å²) in [5, 5.41) is 0. The third-order valence-electron chi connectivity index (χ3n) is 2.95. The van der Waals surface area contributed by atoms with Crippen molar-refractivity contribution in [1.82, 2.24) is 4.90 Å². The van der Waals surface area contributed by atoms with E-state index in [9.17, 15) is 13.2 Å². The average molecular weight is 224 g/mol. The molecule has 0 aromatic rings. The van der Waals surface area contributed by atoms with Gasteiger partial charge in [0.25, 0.3) is 0 Å².